The number of amides is 1. The van der Waals surface area contributed by atoms with Crippen molar-refractivity contribution in [2.24, 2.45) is 0 Å². The van der Waals surface area contributed by atoms with E-state index in [1.54, 1.807) is 24.3 Å². The van der Waals surface area contributed by atoms with E-state index in [-0.39, 0.29) is 21.7 Å². The normalized spacial score (nSPS) is 10.8. The number of nitrogens with zero attached hydrogens (tertiary/aromatic N) is 2. The summed E-state index contributed by atoms with van der Waals surface area (Å²) in [6, 6.07) is 22.6. The second-order valence-corrected chi connectivity index (χ2v) is 10.2. The monoisotopic (exact) mass is 563 g/mol. The quantitative estimate of drug-likeness (QED) is 0.245. The first-order valence-corrected chi connectivity index (χ1v) is 13.6. The molecule has 10 nitrogen and oxygen atoms in total. The topological polar surface area (TPSA) is 132 Å². The summed E-state index contributed by atoms with van der Waals surface area (Å²) in [6.07, 6.45) is 3.51. The van der Waals surface area contributed by atoms with Crippen LogP contribution in [0.4, 0.5) is 11.5 Å². The average molecular weight is 564 g/mol. The molecule has 3 N–H and O–H groups in total. The molecule has 1 aromatic heterocycles. The van der Waals surface area contributed by atoms with Gasteiger partial charge in [-0.15, -0.1) is 0 Å². The van der Waals surface area contributed by atoms with Crippen LogP contribution in [0.15, 0.2) is 96.2 Å². The number of ether oxygens (including phenoxy) is 2. The minimum Gasteiger partial charge on any atom is -0.493 e. The molecule has 4 aromatic rings. The van der Waals surface area contributed by atoms with Crippen molar-refractivity contribution in [3.8, 4) is 11.6 Å². The summed E-state index contributed by atoms with van der Waals surface area (Å²) in [5, 5.41) is 5.52. The van der Waals surface area contributed by atoms with Crippen LogP contribution in [-0.2, 0) is 16.4 Å². The van der Waals surface area contributed by atoms with E-state index in [9.17, 15) is 13.2 Å². The van der Waals surface area contributed by atoms with Crippen LogP contribution < -0.4 is 24.8 Å². The zero-order valence-corrected chi connectivity index (χ0v) is 22.5. The summed E-state index contributed by atoms with van der Waals surface area (Å²) in [6.45, 7) is 0.522. The fraction of sp³-hybridized carbons (Fsp3) is 0.111. The first-order valence-electron chi connectivity index (χ1n) is 11.7. The highest BCUT2D eigenvalue weighted by molar-refractivity contribution is 7.92. The van der Waals surface area contributed by atoms with Gasteiger partial charge in [0.1, 0.15) is 5.75 Å². The van der Waals surface area contributed by atoms with E-state index >= 15 is 0 Å². The molecule has 3 aromatic carbocycles. The molecule has 0 unspecified atom stereocenters. The van der Waals surface area contributed by atoms with E-state index in [0.29, 0.717) is 23.6 Å². The van der Waals surface area contributed by atoms with Crippen LogP contribution in [0.5, 0.6) is 11.6 Å². The minimum atomic E-state index is -3.94. The fourth-order valence-corrected chi connectivity index (χ4v) is 4.64. The van der Waals surface area contributed by atoms with E-state index in [4.69, 9.17) is 21.7 Å². The van der Waals surface area contributed by atoms with E-state index in [0.717, 1.165) is 6.42 Å². The Hall–Kier alpha value is -4.55. The Balaban J connectivity index is 1.28. The van der Waals surface area contributed by atoms with Crippen molar-refractivity contribution in [3.05, 3.63) is 102 Å². The van der Waals surface area contributed by atoms with Crippen molar-refractivity contribution in [1.29, 1.82) is 0 Å². The van der Waals surface area contributed by atoms with E-state index in [1.165, 1.54) is 49.3 Å². The Bertz CT molecular complexity index is 1530. The van der Waals surface area contributed by atoms with Crippen molar-refractivity contribution in [2.45, 2.75) is 11.3 Å². The third kappa shape index (κ3) is 7.72. The van der Waals surface area contributed by atoms with Crippen molar-refractivity contribution in [2.75, 3.05) is 23.8 Å². The highest BCUT2D eigenvalue weighted by atomic mass is 32.2. The Morgan fingerprint density at radius 3 is 2.31 bits per heavy atom. The molecule has 0 aliphatic carbocycles. The average Bonchev–Trinajstić information content (AvgIpc) is 2.94. The zero-order chi connectivity index (χ0) is 27.7. The molecule has 4 rings (SSSR count). The molecule has 0 saturated carbocycles. The number of rotatable bonds is 10. The first kappa shape index (κ1) is 27.5. The molecular weight excluding hydrogens is 538 g/mol. The summed E-state index contributed by atoms with van der Waals surface area (Å²) in [7, 11) is -2.58. The van der Waals surface area contributed by atoms with Crippen LogP contribution in [0.1, 0.15) is 15.9 Å². The molecule has 200 valence electrons. The zero-order valence-electron chi connectivity index (χ0n) is 20.8. The minimum absolute atomic E-state index is 0.0122. The second kappa shape index (κ2) is 12.8. The van der Waals surface area contributed by atoms with E-state index in [1.807, 2.05) is 30.3 Å². The first-order chi connectivity index (χ1) is 18.8. The maximum Gasteiger partial charge on any atom is 0.263 e. The number of sulfonamides is 1. The van der Waals surface area contributed by atoms with Gasteiger partial charge in [0, 0.05) is 30.1 Å². The molecule has 1 heterocycles. The molecular formula is C27H25N5O5S2. The van der Waals surface area contributed by atoms with Gasteiger partial charge in [-0.2, -0.15) is 0 Å². The molecule has 0 bridgehead atoms. The lowest BCUT2D eigenvalue weighted by atomic mass is 10.2. The van der Waals surface area contributed by atoms with Crippen molar-refractivity contribution < 1.29 is 22.7 Å². The predicted molar refractivity (Wildman–Crippen MR) is 152 cm³/mol. The highest BCUT2D eigenvalue weighted by Crippen LogP contribution is 2.22. The number of carbonyl (C=O) groups is 1. The number of hydrogen-bond donors (Lipinski definition) is 3. The maximum atomic E-state index is 12.7. The largest absolute Gasteiger partial charge is 0.493 e. The lowest BCUT2D eigenvalue weighted by Crippen LogP contribution is -2.34. The predicted octanol–water partition coefficient (Wildman–Crippen LogP) is 4.03. The summed E-state index contributed by atoms with van der Waals surface area (Å²) < 4.78 is 38.5. The number of aromatic nitrogens is 2. The third-order valence-electron chi connectivity index (χ3n) is 5.36. The van der Waals surface area contributed by atoms with E-state index in [2.05, 4.69) is 25.3 Å². The smallest absolute Gasteiger partial charge is 0.263 e. The maximum absolute atomic E-state index is 12.7. The SMILES string of the molecule is COc1nccnc1NS(=O)(=O)c1ccc(NC(=S)NC(=O)c2ccc(OCCc3ccccc3)cc2)cc1. The van der Waals surface area contributed by atoms with Gasteiger partial charge >= 0.3 is 0 Å². The van der Waals surface area contributed by atoms with Gasteiger partial charge in [-0.3, -0.25) is 14.8 Å². The lowest BCUT2D eigenvalue weighted by Gasteiger charge is -2.12. The Morgan fingerprint density at radius 1 is 0.923 bits per heavy atom. The molecule has 0 spiro atoms. The Labute approximate surface area is 231 Å². The summed E-state index contributed by atoms with van der Waals surface area (Å²) in [5.74, 6) is 0.277. The van der Waals surface area contributed by atoms with Crippen LogP contribution in [-0.4, -0.2) is 43.1 Å². The number of carbonyl (C=O) groups excluding carboxylic acids is 1. The molecule has 0 radical (unpaired) electrons. The van der Waals surface area contributed by atoms with Gasteiger partial charge in [-0.1, -0.05) is 30.3 Å². The molecule has 0 fully saturated rings. The van der Waals surface area contributed by atoms with Crippen LogP contribution in [0, 0.1) is 0 Å². The second-order valence-electron chi connectivity index (χ2n) is 8.06. The number of hydrogen-bond acceptors (Lipinski definition) is 8. The number of anilines is 2. The van der Waals surface area contributed by atoms with Crippen LogP contribution in [0.3, 0.4) is 0 Å². The van der Waals surface area contributed by atoms with Gasteiger partial charge < -0.3 is 14.8 Å². The number of benzene rings is 3. The number of nitrogens with one attached hydrogen (secondary N) is 3. The van der Waals surface area contributed by atoms with Crippen LogP contribution in [0.25, 0.3) is 0 Å². The lowest BCUT2D eigenvalue weighted by molar-refractivity contribution is 0.0977. The van der Waals surface area contributed by atoms with Crippen molar-refractivity contribution >= 4 is 44.8 Å². The summed E-state index contributed by atoms with van der Waals surface area (Å²) in [4.78, 5) is 20.4. The molecule has 0 saturated heterocycles. The van der Waals surface area contributed by atoms with Gasteiger partial charge in [0.2, 0.25) is 5.82 Å². The molecule has 39 heavy (non-hydrogen) atoms. The van der Waals surface area contributed by atoms with Gasteiger partial charge in [0.05, 0.1) is 18.6 Å². The highest BCUT2D eigenvalue weighted by Gasteiger charge is 2.18. The molecule has 1 amide bonds. The fourth-order valence-electron chi connectivity index (χ4n) is 3.42. The van der Waals surface area contributed by atoms with Gasteiger partial charge in [0.15, 0.2) is 5.11 Å². The molecule has 0 aliphatic rings. The van der Waals surface area contributed by atoms with Crippen molar-refractivity contribution in [1.82, 2.24) is 15.3 Å². The van der Waals surface area contributed by atoms with Gasteiger partial charge in [-0.25, -0.2) is 18.4 Å². The van der Waals surface area contributed by atoms with Crippen LogP contribution >= 0.6 is 12.2 Å². The standard InChI is InChI=1S/C27H25N5O5S2/c1-36-26-24(28-16-17-29-26)32-39(34,35)23-13-9-21(10-14-23)30-27(38)31-25(33)20-7-11-22(12-8-20)37-18-15-19-5-3-2-4-6-19/h2-14,16-17H,15,18H2,1H3,(H,28,32)(H2,30,31,33,38). The number of thiocarbonyl (C=S) groups is 1. The van der Waals surface area contributed by atoms with E-state index < -0.39 is 15.9 Å². The summed E-state index contributed by atoms with van der Waals surface area (Å²) in [5.41, 5.74) is 2.07. The van der Waals surface area contributed by atoms with Gasteiger partial charge in [0.25, 0.3) is 21.8 Å². The molecule has 12 heteroatoms. The summed E-state index contributed by atoms with van der Waals surface area (Å²) >= 11 is 5.24. The molecule has 0 aliphatic heterocycles. The third-order valence-corrected chi connectivity index (χ3v) is 6.92. The Morgan fingerprint density at radius 2 is 1.62 bits per heavy atom. The van der Waals surface area contributed by atoms with Crippen molar-refractivity contribution in [3.63, 3.8) is 0 Å². The Kier molecular flexibility index (Phi) is 9.02. The van der Waals surface area contributed by atoms with Crippen LogP contribution in [0.2, 0.25) is 0 Å². The number of methoxy groups -OCH3 is 1. The molecule has 0 atom stereocenters. The van der Waals surface area contributed by atoms with Gasteiger partial charge in [-0.05, 0) is 66.3 Å².